The van der Waals surface area contributed by atoms with Gasteiger partial charge in [-0.15, -0.1) is 5.06 Å². The van der Waals surface area contributed by atoms with Crippen molar-refractivity contribution in [3.63, 3.8) is 0 Å². The van der Waals surface area contributed by atoms with E-state index in [2.05, 4.69) is 5.32 Å². The lowest BCUT2D eigenvalue weighted by atomic mass is 9.91. The highest BCUT2D eigenvalue weighted by Gasteiger charge is 2.37. The van der Waals surface area contributed by atoms with Crippen molar-refractivity contribution in [2.45, 2.75) is 25.2 Å². The van der Waals surface area contributed by atoms with Gasteiger partial charge < -0.3 is 10.2 Å². The number of nitrogens with one attached hydrogen (secondary N) is 1. The van der Waals surface area contributed by atoms with E-state index in [-0.39, 0.29) is 25.2 Å². The summed E-state index contributed by atoms with van der Waals surface area (Å²) < 4.78 is 0. The second kappa shape index (κ2) is 5.01. The average molecular weight is 288 g/mol. The molecule has 1 fully saturated rings. The largest absolute Gasteiger partial charge is 0.341 e. The van der Waals surface area contributed by atoms with Crippen LogP contribution in [0.4, 0.5) is 5.69 Å². The van der Waals surface area contributed by atoms with Gasteiger partial charge >= 0.3 is 5.97 Å². The van der Waals surface area contributed by atoms with Crippen LogP contribution >= 0.6 is 0 Å². The Hall–Kier alpha value is -2.70. The van der Waals surface area contributed by atoms with Gasteiger partial charge in [0.2, 0.25) is 5.91 Å². The summed E-state index contributed by atoms with van der Waals surface area (Å²) >= 11 is 0. The number of imide groups is 1. The Morgan fingerprint density at radius 1 is 1.14 bits per heavy atom. The fraction of sp³-hybridized carbons (Fsp3) is 0.286. The lowest BCUT2D eigenvalue weighted by molar-refractivity contribution is -0.198. The highest BCUT2D eigenvalue weighted by molar-refractivity contribution is 6.03. The molecule has 0 spiro atoms. The highest BCUT2D eigenvalue weighted by atomic mass is 16.7. The van der Waals surface area contributed by atoms with Gasteiger partial charge in [0.25, 0.3) is 11.8 Å². The summed E-state index contributed by atoms with van der Waals surface area (Å²) in [6, 6.07) is 6.86. The van der Waals surface area contributed by atoms with Gasteiger partial charge in [-0.1, -0.05) is 18.2 Å². The molecule has 7 heteroatoms. The number of rotatable bonds is 2. The maximum atomic E-state index is 12.2. The minimum absolute atomic E-state index is 0.0356. The number of para-hydroxylation sites is 1. The molecule has 0 saturated carbocycles. The van der Waals surface area contributed by atoms with Crippen LogP contribution in [0.5, 0.6) is 0 Å². The first-order valence-corrected chi connectivity index (χ1v) is 6.52. The maximum absolute atomic E-state index is 12.2. The van der Waals surface area contributed by atoms with E-state index >= 15 is 0 Å². The molecule has 0 aromatic heterocycles. The van der Waals surface area contributed by atoms with E-state index in [1.54, 1.807) is 24.3 Å². The normalized spacial score (nSPS) is 21.0. The van der Waals surface area contributed by atoms with Crippen LogP contribution in [0.1, 0.15) is 30.7 Å². The Balaban J connectivity index is 1.83. The molecular formula is C14H12N2O5. The molecule has 1 atom stereocenters. The van der Waals surface area contributed by atoms with Gasteiger partial charge in [0.1, 0.15) is 0 Å². The highest BCUT2D eigenvalue weighted by Crippen LogP contribution is 2.33. The number of hydrogen-bond acceptors (Lipinski definition) is 5. The quantitative estimate of drug-likeness (QED) is 0.809. The number of fused-ring (bicyclic) bond motifs is 1. The molecule has 0 bridgehead atoms. The molecule has 21 heavy (non-hydrogen) atoms. The predicted octanol–water partition coefficient (Wildman–Crippen LogP) is 0.720. The topological polar surface area (TPSA) is 92.8 Å². The molecule has 3 rings (SSSR count). The molecule has 108 valence electrons. The fourth-order valence-corrected chi connectivity index (χ4v) is 2.43. The third kappa shape index (κ3) is 2.37. The molecule has 2 aliphatic rings. The minimum Gasteiger partial charge on any atom is -0.330 e. The first-order chi connectivity index (χ1) is 10.1. The summed E-state index contributed by atoms with van der Waals surface area (Å²) in [6.45, 7) is 0. The van der Waals surface area contributed by atoms with Crippen molar-refractivity contribution < 1.29 is 24.0 Å². The summed E-state index contributed by atoms with van der Waals surface area (Å²) in [5, 5.41) is 3.16. The van der Waals surface area contributed by atoms with Crippen LogP contribution in [-0.4, -0.2) is 28.8 Å². The van der Waals surface area contributed by atoms with Crippen LogP contribution in [0.25, 0.3) is 0 Å². The SMILES string of the molecule is O=C1CC(C(=O)ON2C(=O)CCC2=O)c2ccccc2N1. The van der Waals surface area contributed by atoms with Crippen molar-refractivity contribution in [2.75, 3.05) is 5.32 Å². The van der Waals surface area contributed by atoms with Crippen LogP contribution in [0.15, 0.2) is 24.3 Å². The van der Waals surface area contributed by atoms with Gasteiger partial charge in [-0.25, -0.2) is 4.79 Å². The third-order valence-corrected chi connectivity index (χ3v) is 3.47. The Bertz CT molecular complexity index is 639. The van der Waals surface area contributed by atoms with Gasteiger partial charge in [0.15, 0.2) is 0 Å². The molecule has 1 aromatic carbocycles. The Morgan fingerprint density at radius 2 is 1.81 bits per heavy atom. The number of nitrogens with zero attached hydrogens (tertiary/aromatic N) is 1. The van der Waals surface area contributed by atoms with E-state index < -0.39 is 23.7 Å². The standard InChI is InChI=1S/C14H12N2O5/c17-11-7-9(8-3-1-2-4-10(8)15-11)14(20)21-16-12(18)5-6-13(16)19/h1-4,9H,5-7H2,(H,15,17). The number of benzene rings is 1. The lowest BCUT2D eigenvalue weighted by Gasteiger charge is -2.25. The molecule has 3 amide bonds. The summed E-state index contributed by atoms with van der Waals surface area (Å²) in [6.07, 6.45) is -0.00618. The van der Waals surface area contributed by atoms with Gasteiger partial charge in [-0.05, 0) is 11.6 Å². The summed E-state index contributed by atoms with van der Waals surface area (Å²) in [5.41, 5.74) is 1.15. The van der Waals surface area contributed by atoms with Gasteiger partial charge in [-0.3, -0.25) is 14.4 Å². The number of carbonyl (C=O) groups excluding carboxylic acids is 4. The van der Waals surface area contributed by atoms with E-state index in [1.807, 2.05) is 0 Å². The van der Waals surface area contributed by atoms with Crippen LogP contribution < -0.4 is 5.32 Å². The van der Waals surface area contributed by atoms with Crippen LogP contribution in [0, 0.1) is 0 Å². The van der Waals surface area contributed by atoms with Crippen molar-refractivity contribution in [2.24, 2.45) is 0 Å². The van der Waals surface area contributed by atoms with Gasteiger partial charge in [0.05, 0.1) is 5.92 Å². The molecule has 2 heterocycles. The van der Waals surface area contributed by atoms with Crippen molar-refractivity contribution in [1.82, 2.24) is 5.06 Å². The molecule has 1 saturated heterocycles. The Kier molecular flexibility index (Phi) is 3.17. The first kappa shape index (κ1) is 13.3. The smallest absolute Gasteiger partial charge is 0.330 e. The third-order valence-electron chi connectivity index (χ3n) is 3.47. The number of carbonyl (C=O) groups is 4. The van der Waals surface area contributed by atoms with Crippen LogP contribution in [0.3, 0.4) is 0 Å². The van der Waals surface area contributed by atoms with Crippen molar-refractivity contribution in [3.8, 4) is 0 Å². The zero-order chi connectivity index (χ0) is 15.0. The van der Waals surface area contributed by atoms with E-state index in [4.69, 9.17) is 4.84 Å². The van der Waals surface area contributed by atoms with Crippen molar-refractivity contribution in [3.05, 3.63) is 29.8 Å². The number of anilines is 1. The number of hydroxylamine groups is 2. The summed E-state index contributed by atoms with van der Waals surface area (Å²) in [5.74, 6) is -2.99. The molecule has 0 radical (unpaired) electrons. The molecule has 0 aliphatic carbocycles. The molecule has 1 N–H and O–H groups in total. The van der Waals surface area contributed by atoms with E-state index in [0.717, 1.165) is 0 Å². The zero-order valence-electron chi connectivity index (χ0n) is 11.0. The number of amides is 3. The van der Waals surface area contributed by atoms with E-state index in [9.17, 15) is 19.2 Å². The second-order valence-electron chi connectivity index (χ2n) is 4.88. The second-order valence-corrected chi connectivity index (χ2v) is 4.88. The van der Waals surface area contributed by atoms with Crippen molar-refractivity contribution in [1.29, 1.82) is 0 Å². The minimum atomic E-state index is -0.823. The molecule has 1 unspecified atom stereocenters. The first-order valence-electron chi connectivity index (χ1n) is 6.52. The van der Waals surface area contributed by atoms with Gasteiger partial charge in [-0.2, -0.15) is 0 Å². The van der Waals surface area contributed by atoms with Crippen LogP contribution in [-0.2, 0) is 24.0 Å². The summed E-state index contributed by atoms with van der Waals surface area (Å²) in [7, 11) is 0. The Labute approximate surface area is 119 Å². The molecular weight excluding hydrogens is 276 g/mol. The fourth-order valence-electron chi connectivity index (χ4n) is 2.43. The molecule has 2 aliphatic heterocycles. The van der Waals surface area contributed by atoms with Crippen molar-refractivity contribution >= 4 is 29.4 Å². The van der Waals surface area contributed by atoms with E-state index in [0.29, 0.717) is 16.3 Å². The average Bonchev–Trinajstić information content (AvgIpc) is 2.78. The maximum Gasteiger partial charge on any atom is 0.341 e. The lowest BCUT2D eigenvalue weighted by Crippen LogP contribution is -2.36. The predicted molar refractivity (Wildman–Crippen MR) is 69.6 cm³/mol. The number of hydrogen-bond donors (Lipinski definition) is 1. The van der Waals surface area contributed by atoms with Crippen LogP contribution in [0.2, 0.25) is 0 Å². The zero-order valence-corrected chi connectivity index (χ0v) is 11.0. The Morgan fingerprint density at radius 3 is 2.52 bits per heavy atom. The monoisotopic (exact) mass is 288 g/mol. The molecule has 7 nitrogen and oxygen atoms in total. The molecule has 1 aromatic rings. The summed E-state index contributed by atoms with van der Waals surface area (Å²) in [4.78, 5) is 51.7. The van der Waals surface area contributed by atoms with Gasteiger partial charge in [0, 0.05) is 24.9 Å². The van der Waals surface area contributed by atoms with E-state index in [1.165, 1.54) is 0 Å².